The van der Waals surface area contributed by atoms with Crippen LogP contribution in [0.5, 0.6) is 0 Å². The quantitative estimate of drug-likeness (QED) is 0.845. The van der Waals surface area contributed by atoms with Crippen LogP contribution in [0.1, 0.15) is 19.3 Å². The van der Waals surface area contributed by atoms with Crippen LogP contribution in [0, 0.1) is 0 Å². The summed E-state index contributed by atoms with van der Waals surface area (Å²) in [5.41, 5.74) is 0. The fraction of sp³-hybridized carbons (Fsp3) is 0.692. The average molecular weight is 322 g/mol. The summed E-state index contributed by atoms with van der Waals surface area (Å²) >= 11 is 2.74. The van der Waals surface area contributed by atoms with Gasteiger partial charge >= 0.3 is 122 Å². The van der Waals surface area contributed by atoms with Gasteiger partial charge in [-0.1, -0.05) is 0 Å². The first-order valence-electron chi connectivity index (χ1n) is 6.93. The van der Waals surface area contributed by atoms with Crippen LogP contribution in [0.2, 0.25) is 4.71 Å². The second-order valence-electron chi connectivity index (χ2n) is 5.14. The first kappa shape index (κ1) is 13.2. The summed E-state index contributed by atoms with van der Waals surface area (Å²) in [5, 5.41) is 3.28. The van der Waals surface area contributed by atoms with E-state index in [2.05, 4.69) is 37.0 Å². The van der Waals surface area contributed by atoms with Gasteiger partial charge in [0.2, 0.25) is 0 Å². The molecular weight excluding hydrogens is 303 g/mol. The first-order chi connectivity index (χ1) is 9.31. The van der Waals surface area contributed by atoms with Gasteiger partial charge in [-0.25, -0.2) is 0 Å². The molecule has 6 heteroatoms. The SMILES string of the molecule is [As]C1CCN(c2ccnc(NCC3CCCO3)n2)C1. The number of aromatic nitrogens is 2. The van der Waals surface area contributed by atoms with Crippen molar-refractivity contribution in [3.63, 3.8) is 0 Å². The number of hydrogen-bond donors (Lipinski definition) is 1. The second kappa shape index (κ2) is 6.10. The van der Waals surface area contributed by atoms with Gasteiger partial charge in [-0.05, 0) is 0 Å². The molecule has 2 fully saturated rings. The second-order valence-corrected chi connectivity index (χ2v) is 6.68. The van der Waals surface area contributed by atoms with Gasteiger partial charge in [0.15, 0.2) is 0 Å². The van der Waals surface area contributed by atoms with Crippen molar-refractivity contribution >= 4 is 28.6 Å². The number of rotatable bonds is 4. The Balaban J connectivity index is 1.59. The number of anilines is 2. The van der Waals surface area contributed by atoms with Crippen molar-refractivity contribution in [2.24, 2.45) is 0 Å². The third-order valence-corrected chi connectivity index (χ3v) is 4.52. The van der Waals surface area contributed by atoms with Crippen LogP contribution >= 0.6 is 0 Å². The van der Waals surface area contributed by atoms with E-state index in [1.807, 2.05) is 12.3 Å². The predicted octanol–water partition coefficient (Wildman–Crippen LogP) is 1.23. The van der Waals surface area contributed by atoms with Crippen LogP contribution in [0.4, 0.5) is 11.8 Å². The Bertz CT molecular complexity index is 425. The number of ether oxygens (including phenoxy) is 1. The van der Waals surface area contributed by atoms with Crippen LogP contribution < -0.4 is 10.2 Å². The molecule has 3 rings (SSSR count). The monoisotopic (exact) mass is 322 g/mol. The maximum atomic E-state index is 5.59. The van der Waals surface area contributed by atoms with E-state index < -0.39 is 0 Å². The van der Waals surface area contributed by atoms with Crippen LogP contribution in [0.3, 0.4) is 0 Å². The molecule has 0 spiro atoms. The molecule has 2 radical (unpaired) electrons. The van der Waals surface area contributed by atoms with Gasteiger partial charge in [0, 0.05) is 0 Å². The first-order valence-corrected chi connectivity index (χ1v) is 8.01. The summed E-state index contributed by atoms with van der Waals surface area (Å²) < 4.78 is 6.29. The van der Waals surface area contributed by atoms with Gasteiger partial charge in [-0.3, -0.25) is 0 Å². The Morgan fingerprint density at radius 2 is 2.42 bits per heavy atom. The summed E-state index contributed by atoms with van der Waals surface area (Å²) in [6.45, 7) is 3.84. The molecule has 1 aromatic heterocycles. The third kappa shape index (κ3) is 3.40. The fourth-order valence-electron chi connectivity index (χ4n) is 2.57. The average Bonchev–Trinajstić information content (AvgIpc) is 3.08. The molecule has 2 saturated heterocycles. The van der Waals surface area contributed by atoms with Crippen molar-refractivity contribution in [3.05, 3.63) is 12.3 Å². The molecule has 0 saturated carbocycles. The predicted molar refractivity (Wildman–Crippen MR) is 75.8 cm³/mol. The van der Waals surface area contributed by atoms with E-state index >= 15 is 0 Å². The molecule has 2 atom stereocenters. The van der Waals surface area contributed by atoms with Gasteiger partial charge in [0.25, 0.3) is 0 Å². The molecule has 2 aliphatic heterocycles. The molecule has 0 aliphatic carbocycles. The molecule has 3 heterocycles. The van der Waals surface area contributed by atoms with Crippen LogP contribution in [-0.2, 0) is 4.74 Å². The van der Waals surface area contributed by atoms with Crippen molar-refractivity contribution in [1.82, 2.24) is 9.97 Å². The van der Waals surface area contributed by atoms with E-state index in [4.69, 9.17) is 4.74 Å². The van der Waals surface area contributed by atoms with Crippen LogP contribution in [0.25, 0.3) is 0 Å². The molecule has 1 aromatic rings. The van der Waals surface area contributed by atoms with Crippen LogP contribution in [-0.4, -0.2) is 59.2 Å². The van der Waals surface area contributed by atoms with E-state index in [1.54, 1.807) is 0 Å². The standard InChI is InChI=1S/C13H19AsN4O/c14-10-4-6-18(9-10)12-3-5-15-13(17-12)16-8-11-2-1-7-19-11/h3,5,10-11H,1-2,4,6-9H2,(H,15,16,17). The Hall–Kier alpha value is -0.802. The zero-order valence-electron chi connectivity index (χ0n) is 11.0. The van der Waals surface area contributed by atoms with Crippen molar-refractivity contribution in [1.29, 1.82) is 0 Å². The molecule has 102 valence electrons. The molecule has 5 nitrogen and oxygen atoms in total. The topological polar surface area (TPSA) is 50.3 Å². The number of nitrogens with zero attached hydrogens (tertiary/aromatic N) is 3. The normalized spacial score (nSPS) is 26.9. The zero-order chi connectivity index (χ0) is 13.1. The molecular formula is C13H19AsN4O. The molecule has 2 aliphatic rings. The Morgan fingerprint density at radius 1 is 1.47 bits per heavy atom. The molecule has 0 amide bonds. The van der Waals surface area contributed by atoms with Crippen LogP contribution in [0.15, 0.2) is 12.3 Å². The van der Waals surface area contributed by atoms with Gasteiger partial charge in [0.05, 0.1) is 0 Å². The van der Waals surface area contributed by atoms with E-state index in [0.29, 0.717) is 16.8 Å². The minimum absolute atomic E-state index is 0.316. The number of nitrogens with one attached hydrogen (secondary N) is 1. The van der Waals surface area contributed by atoms with Gasteiger partial charge < -0.3 is 0 Å². The molecule has 0 bridgehead atoms. The van der Waals surface area contributed by atoms with E-state index in [-0.39, 0.29) is 0 Å². The summed E-state index contributed by atoms with van der Waals surface area (Å²) in [7, 11) is 0. The summed E-state index contributed by atoms with van der Waals surface area (Å²) in [6.07, 6.45) is 5.67. The Morgan fingerprint density at radius 3 is 3.16 bits per heavy atom. The maximum absolute atomic E-state index is 5.59. The van der Waals surface area contributed by atoms with E-state index in [0.717, 1.165) is 44.9 Å². The molecule has 1 N–H and O–H groups in total. The van der Waals surface area contributed by atoms with Crippen molar-refractivity contribution < 1.29 is 4.74 Å². The van der Waals surface area contributed by atoms with E-state index in [1.165, 1.54) is 6.42 Å². The van der Waals surface area contributed by atoms with E-state index in [9.17, 15) is 0 Å². The van der Waals surface area contributed by atoms with Gasteiger partial charge in [0.1, 0.15) is 0 Å². The van der Waals surface area contributed by atoms with Crippen molar-refractivity contribution in [2.75, 3.05) is 36.5 Å². The summed E-state index contributed by atoms with van der Waals surface area (Å²) in [6, 6.07) is 1.99. The molecule has 19 heavy (non-hydrogen) atoms. The summed E-state index contributed by atoms with van der Waals surface area (Å²) in [5.74, 6) is 1.74. The van der Waals surface area contributed by atoms with Crippen molar-refractivity contribution in [2.45, 2.75) is 30.1 Å². The van der Waals surface area contributed by atoms with Crippen molar-refractivity contribution in [3.8, 4) is 0 Å². The number of hydrogen-bond acceptors (Lipinski definition) is 5. The minimum atomic E-state index is 0.316. The summed E-state index contributed by atoms with van der Waals surface area (Å²) in [4.78, 5) is 11.2. The molecule has 0 aromatic carbocycles. The Labute approximate surface area is 122 Å². The fourth-order valence-corrected chi connectivity index (χ4v) is 3.23. The third-order valence-electron chi connectivity index (χ3n) is 3.64. The zero-order valence-corrected chi connectivity index (χ0v) is 12.8. The van der Waals surface area contributed by atoms with Gasteiger partial charge in [-0.15, -0.1) is 0 Å². The van der Waals surface area contributed by atoms with Gasteiger partial charge in [-0.2, -0.15) is 0 Å². The Kier molecular flexibility index (Phi) is 4.24. The molecule has 2 unspecified atom stereocenters.